The van der Waals surface area contributed by atoms with E-state index in [1.54, 1.807) is 0 Å². The quantitative estimate of drug-likeness (QED) is 0.339. The lowest BCUT2D eigenvalue weighted by Crippen LogP contribution is -2.30. The van der Waals surface area contributed by atoms with Gasteiger partial charge in [-0.1, -0.05) is 30.3 Å². The van der Waals surface area contributed by atoms with Crippen LogP contribution in [0.3, 0.4) is 0 Å². The predicted octanol–water partition coefficient (Wildman–Crippen LogP) is 6.19. The first kappa shape index (κ1) is 16.7. The van der Waals surface area contributed by atoms with Crippen LogP contribution in [0.5, 0.6) is 0 Å². The van der Waals surface area contributed by atoms with Gasteiger partial charge in [0.2, 0.25) is 5.69 Å². The average Bonchev–Trinajstić information content (AvgIpc) is 3.04. The molecule has 2 aromatic heterocycles. The Morgan fingerprint density at radius 1 is 0.786 bits per heavy atom. The van der Waals surface area contributed by atoms with Crippen LogP contribution in [0, 0.1) is 12.7 Å². The number of aryl methyl sites for hydroxylation is 2. The summed E-state index contributed by atoms with van der Waals surface area (Å²) in [6, 6.07) is 23.3. The van der Waals surface area contributed by atoms with Crippen molar-refractivity contribution in [2.45, 2.75) is 6.92 Å². The van der Waals surface area contributed by atoms with Crippen LogP contribution >= 0.6 is 0 Å². The summed E-state index contributed by atoms with van der Waals surface area (Å²) in [7, 11) is 2.03. The molecule has 2 nitrogen and oxygen atoms in total. The number of pyridine rings is 1. The monoisotopic (exact) mass is 368 g/mol. The summed E-state index contributed by atoms with van der Waals surface area (Å²) in [5.41, 5.74) is 6.16. The Morgan fingerprint density at radius 2 is 1.50 bits per heavy atom. The lowest BCUT2D eigenvalue weighted by Gasteiger charge is -2.05. The van der Waals surface area contributed by atoms with Gasteiger partial charge in [0, 0.05) is 34.5 Å². The van der Waals surface area contributed by atoms with E-state index in [0.29, 0.717) is 11.1 Å². The smallest absolute Gasteiger partial charge is 0.212 e. The van der Waals surface area contributed by atoms with E-state index >= 15 is 0 Å². The molecule has 0 aliphatic rings. The highest BCUT2D eigenvalue weighted by molar-refractivity contribution is 6.07. The third-order valence-electron chi connectivity index (χ3n) is 5.32. The van der Waals surface area contributed by atoms with Crippen LogP contribution in [-0.4, -0.2) is 0 Å². The normalized spacial score (nSPS) is 11.4. The van der Waals surface area contributed by atoms with Crippen LogP contribution in [0.2, 0.25) is 0 Å². The Morgan fingerprint density at radius 3 is 2.29 bits per heavy atom. The molecule has 3 aromatic carbocycles. The highest BCUT2D eigenvalue weighted by atomic mass is 19.1. The standard InChI is InChI=1S/C25H19FNO/c1-16-12-20-21-13-19(17-8-4-3-5-9-17)22(26)15-25(21)28-24(20)14-18(16)23-10-6-7-11-27(23)2/h3-15H,1-2H3/q+1. The zero-order chi connectivity index (χ0) is 19.3. The summed E-state index contributed by atoms with van der Waals surface area (Å²) in [5.74, 6) is -0.274. The number of hydrogen-bond acceptors (Lipinski definition) is 1. The Balaban J connectivity index is 1.77. The minimum Gasteiger partial charge on any atom is -0.456 e. The molecule has 0 aliphatic heterocycles. The summed E-state index contributed by atoms with van der Waals surface area (Å²) in [4.78, 5) is 0. The van der Waals surface area contributed by atoms with Crippen LogP contribution in [0.25, 0.3) is 44.3 Å². The van der Waals surface area contributed by atoms with Gasteiger partial charge in [0.05, 0.1) is 5.56 Å². The third kappa shape index (κ3) is 2.59. The predicted molar refractivity (Wildman–Crippen MR) is 110 cm³/mol. The van der Waals surface area contributed by atoms with Crippen LogP contribution < -0.4 is 4.57 Å². The largest absolute Gasteiger partial charge is 0.456 e. The summed E-state index contributed by atoms with van der Waals surface area (Å²) in [6.07, 6.45) is 2.03. The molecule has 0 amide bonds. The van der Waals surface area contributed by atoms with Crippen molar-refractivity contribution in [3.8, 4) is 22.4 Å². The van der Waals surface area contributed by atoms with Crippen LogP contribution in [0.15, 0.2) is 83.4 Å². The molecule has 0 saturated heterocycles. The Kier molecular flexibility index (Phi) is 3.76. The van der Waals surface area contributed by atoms with Crippen molar-refractivity contribution in [2.75, 3.05) is 0 Å². The molecule has 0 spiro atoms. The first-order valence-corrected chi connectivity index (χ1v) is 9.29. The Bertz CT molecular complexity index is 1340. The van der Waals surface area contributed by atoms with Gasteiger partial charge in [-0.15, -0.1) is 0 Å². The fourth-order valence-corrected chi connectivity index (χ4v) is 3.87. The molecule has 0 aliphatic carbocycles. The topological polar surface area (TPSA) is 17.0 Å². The van der Waals surface area contributed by atoms with Gasteiger partial charge in [-0.2, -0.15) is 0 Å². The van der Waals surface area contributed by atoms with Gasteiger partial charge >= 0.3 is 0 Å². The van der Waals surface area contributed by atoms with E-state index in [0.717, 1.165) is 38.7 Å². The second-order valence-corrected chi connectivity index (χ2v) is 7.16. The number of furan rings is 1. The van der Waals surface area contributed by atoms with Crippen molar-refractivity contribution in [1.82, 2.24) is 0 Å². The van der Waals surface area contributed by atoms with Crippen molar-refractivity contribution < 1.29 is 13.4 Å². The van der Waals surface area contributed by atoms with Crippen molar-refractivity contribution in [1.29, 1.82) is 0 Å². The molecule has 0 unspecified atom stereocenters. The number of hydrogen-bond donors (Lipinski definition) is 0. The fraction of sp³-hybridized carbons (Fsp3) is 0.0800. The maximum Gasteiger partial charge on any atom is 0.212 e. The minimum atomic E-state index is -0.274. The van der Waals surface area contributed by atoms with Gasteiger partial charge in [-0.25, -0.2) is 8.96 Å². The van der Waals surface area contributed by atoms with Gasteiger partial charge < -0.3 is 4.42 Å². The summed E-state index contributed by atoms with van der Waals surface area (Å²) in [6.45, 7) is 2.10. The zero-order valence-electron chi connectivity index (χ0n) is 15.7. The fourth-order valence-electron chi connectivity index (χ4n) is 3.87. The van der Waals surface area contributed by atoms with Gasteiger partial charge in [0.1, 0.15) is 24.0 Å². The van der Waals surface area contributed by atoms with E-state index in [-0.39, 0.29) is 5.82 Å². The van der Waals surface area contributed by atoms with E-state index < -0.39 is 0 Å². The number of aromatic nitrogens is 1. The van der Waals surface area contributed by atoms with Gasteiger partial charge in [0.25, 0.3) is 0 Å². The van der Waals surface area contributed by atoms with Crippen molar-refractivity contribution in [2.24, 2.45) is 7.05 Å². The van der Waals surface area contributed by atoms with Crippen LogP contribution in [0.1, 0.15) is 5.56 Å². The summed E-state index contributed by atoms with van der Waals surface area (Å²) in [5, 5.41) is 1.94. The molecule has 3 heteroatoms. The number of benzene rings is 3. The van der Waals surface area contributed by atoms with Crippen LogP contribution in [0.4, 0.5) is 4.39 Å². The van der Waals surface area contributed by atoms with E-state index in [4.69, 9.17) is 4.42 Å². The lowest BCUT2D eigenvalue weighted by atomic mass is 9.99. The van der Waals surface area contributed by atoms with Crippen molar-refractivity contribution in [3.05, 3.63) is 90.4 Å². The molecule has 0 bridgehead atoms. The van der Waals surface area contributed by atoms with Gasteiger partial charge in [0.15, 0.2) is 6.20 Å². The molecule has 0 fully saturated rings. The maximum atomic E-state index is 14.7. The molecule has 0 N–H and O–H groups in total. The molecule has 28 heavy (non-hydrogen) atoms. The lowest BCUT2D eigenvalue weighted by molar-refractivity contribution is -0.660. The Hall–Kier alpha value is -3.46. The second kappa shape index (κ2) is 6.31. The van der Waals surface area contributed by atoms with Crippen molar-refractivity contribution >= 4 is 21.9 Å². The molecule has 5 rings (SSSR count). The van der Waals surface area contributed by atoms with Gasteiger partial charge in [-0.3, -0.25) is 0 Å². The number of halogens is 1. The molecular formula is C25H19FNO+. The molecule has 0 atom stereocenters. The molecule has 0 radical (unpaired) electrons. The van der Waals surface area contributed by atoms with E-state index in [1.807, 2.05) is 61.8 Å². The maximum absolute atomic E-state index is 14.7. The molecule has 136 valence electrons. The highest BCUT2D eigenvalue weighted by Gasteiger charge is 2.17. The van der Waals surface area contributed by atoms with Crippen LogP contribution in [-0.2, 0) is 7.05 Å². The molecule has 5 aromatic rings. The second-order valence-electron chi connectivity index (χ2n) is 7.16. The third-order valence-corrected chi connectivity index (χ3v) is 5.32. The summed E-state index contributed by atoms with van der Waals surface area (Å²) < 4.78 is 22.9. The first-order valence-electron chi connectivity index (χ1n) is 9.29. The first-order chi connectivity index (χ1) is 13.6. The average molecular weight is 368 g/mol. The molecule has 2 heterocycles. The van der Waals surface area contributed by atoms with E-state index in [9.17, 15) is 4.39 Å². The zero-order valence-corrected chi connectivity index (χ0v) is 15.7. The van der Waals surface area contributed by atoms with Gasteiger partial charge in [-0.05, 0) is 42.3 Å². The highest BCUT2D eigenvalue weighted by Crippen LogP contribution is 2.37. The molecule has 0 saturated carbocycles. The number of nitrogens with zero attached hydrogens (tertiary/aromatic N) is 1. The van der Waals surface area contributed by atoms with E-state index in [2.05, 4.69) is 29.7 Å². The summed E-state index contributed by atoms with van der Waals surface area (Å²) >= 11 is 0. The Labute approximate surface area is 162 Å². The van der Waals surface area contributed by atoms with E-state index in [1.165, 1.54) is 6.07 Å². The SMILES string of the molecule is Cc1cc2c(cc1-c1cccc[n+]1C)oc1cc(F)c(-c3ccccc3)cc12. The van der Waals surface area contributed by atoms with Crippen molar-refractivity contribution in [3.63, 3.8) is 0 Å². The molecular weight excluding hydrogens is 349 g/mol. The number of fused-ring (bicyclic) bond motifs is 3. The number of rotatable bonds is 2. The minimum absolute atomic E-state index is 0.274.